The van der Waals surface area contributed by atoms with Crippen molar-refractivity contribution in [2.45, 2.75) is 32.5 Å². The van der Waals surface area contributed by atoms with Crippen molar-refractivity contribution < 1.29 is 9.84 Å². The summed E-state index contributed by atoms with van der Waals surface area (Å²) in [7, 11) is 0. The van der Waals surface area contributed by atoms with Crippen LogP contribution in [0.25, 0.3) is 0 Å². The maximum absolute atomic E-state index is 12.9. The van der Waals surface area contributed by atoms with Crippen LogP contribution in [0.3, 0.4) is 0 Å². The second kappa shape index (κ2) is 11.6. The van der Waals surface area contributed by atoms with Crippen LogP contribution in [0.4, 0.5) is 5.69 Å². The number of para-hydroxylation sites is 1. The molecule has 34 heavy (non-hydrogen) atoms. The van der Waals surface area contributed by atoms with E-state index in [0.29, 0.717) is 38.4 Å². The van der Waals surface area contributed by atoms with Gasteiger partial charge in [0, 0.05) is 56.3 Å². The average Bonchev–Trinajstić information content (AvgIpc) is 3.19. The van der Waals surface area contributed by atoms with Crippen LogP contribution < -0.4 is 15.3 Å². The summed E-state index contributed by atoms with van der Waals surface area (Å²) in [6.45, 7) is 6.96. The molecule has 1 saturated heterocycles. The Bertz CT molecular complexity index is 1110. The monoisotopic (exact) mass is 485 g/mol. The molecule has 2 heterocycles. The highest BCUT2D eigenvalue weighted by atomic mass is 35.5. The number of hydrogen-bond acceptors (Lipinski definition) is 6. The number of nitrogens with zero attached hydrogens (tertiary/aromatic N) is 5. The zero-order valence-electron chi connectivity index (χ0n) is 19.5. The second-order valence-corrected chi connectivity index (χ2v) is 8.82. The van der Waals surface area contributed by atoms with Gasteiger partial charge in [-0.2, -0.15) is 9.78 Å². The van der Waals surface area contributed by atoms with Crippen molar-refractivity contribution >= 4 is 17.3 Å². The van der Waals surface area contributed by atoms with Gasteiger partial charge >= 0.3 is 5.69 Å². The van der Waals surface area contributed by atoms with Gasteiger partial charge in [-0.3, -0.25) is 9.47 Å². The van der Waals surface area contributed by atoms with Gasteiger partial charge in [0.15, 0.2) is 6.23 Å². The minimum absolute atomic E-state index is 0.299. The Hall–Kier alpha value is -2.81. The highest BCUT2D eigenvalue weighted by Gasteiger charge is 2.21. The topological polar surface area (TPSA) is 75.8 Å². The van der Waals surface area contributed by atoms with E-state index in [1.807, 2.05) is 55.5 Å². The number of aliphatic hydroxyl groups is 1. The molecule has 0 amide bonds. The summed E-state index contributed by atoms with van der Waals surface area (Å²) in [5.41, 5.74) is 0.833. The van der Waals surface area contributed by atoms with E-state index in [1.54, 1.807) is 4.57 Å². The van der Waals surface area contributed by atoms with E-state index in [4.69, 9.17) is 16.3 Å². The lowest BCUT2D eigenvalue weighted by atomic mass is 10.2. The number of halogens is 1. The third kappa shape index (κ3) is 6.00. The number of piperazine rings is 1. The maximum Gasteiger partial charge on any atom is 0.348 e. The average molecular weight is 486 g/mol. The smallest absolute Gasteiger partial charge is 0.348 e. The Kier molecular flexibility index (Phi) is 8.26. The summed E-state index contributed by atoms with van der Waals surface area (Å²) < 4.78 is 8.54. The number of aliphatic hydroxyl groups excluding tert-OH is 1. The predicted octanol–water partition coefficient (Wildman–Crippen LogP) is 3.04. The molecule has 4 rings (SSSR count). The Morgan fingerprint density at radius 1 is 1.06 bits per heavy atom. The van der Waals surface area contributed by atoms with Crippen LogP contribution in [0, 0.1) is 0 Å². The summed E-state index contributed by atoms with van der Waals surface area (Å²) >= 11 is 6.12. The van der Waals surface area contributed by atoms with E-state index in [-0.39, 0.29) is 5.69 Å². The molecule has 1 fully saturated rings. The lowest BCUT2D eigenvalue weighted by Crippen LogP contribution is -2.47. The highest BCUT2D eigenvalue weighted by molar-refractivity contribution is 6.30. The largest absolute Gasteiger partial charge is 0.492 e. The predicted molar refractivity (Wildman–Crippen MR) is 134 cm³/mol. The van der Waals surface area contributed by atoms with Gasteiger partial charge in [-0.05, 0) is 30.3 Å². The van der Waals surface area contributed by atoms with Crippen molar-refractivity contribution in [2.24, 2.45) is 0 Å². The standard InChI is InChI=1S/C25H32ClN5O3/c1-2-23-27-31(25(33)30(23)17-18-34-22-9-4-3-5-10-22)24(32)11-12-28-13-15-29(16-14-28)21-8-6-7-20(26)19-21/h3-10,19,24,32H,2,11-18H2,1H3/t24-/m0/s1. The Labute approximate surface area is 204 Å². The Balaban J connectivity index is 1.29. The quantitative estimate of drug-likeness (QED) is 0.475. The summed E-state index contributed by atoms with van der Waals surface area (Å²) in [5, 5.41) is 15.9. The first-order chi connectivity index (χ1) is 16.5. The SMILES string of the molecule is CCc1nn([C@@H](O)CCN2CCN(c3cccc(Cl)c3)CC2)c(=O)n1CCOc1ccccc1. The molecule has 1 aromatic heterocycles. The van der Waals surface area contributed by atoms with Gasteiger partial charge in [-0.15, -0.1) is 0 Å². The van der Waals surface area contributed by atoms with Gasteiger partial charge in [0.2, 0.25) is 0 Å². The second-order valence-electron chi connectivity index (χ2n) is 8.39. The van der Waals surface area contributed by atoms with Crippen molar-refractivity contribution in [1.29, 1.82) is 0 Å². The molecule has 0 unspecified atom stereocenters. The molecule has 0 spiro atoms. The molecule has 0 aliphatic carbocycles. The lowest BCUT2D eigenvalue weighted by molar-refractivity contribution is 0.0628. The first-order valence-corrected chi connectivity index (χ1v) is 12.2. The highest BCUT2D eigenvalue weighted by Crippen LogP contribution is 2.21. The lowest BCUT2D eigenvalue weighted by Gasteiger charge is -2.36. The number of anilines is 1. The molecule has 1 aliphatic heterocycles. The van der Waals surface area contributed by atoms with Crippen molar-refractivity contribution in [3.63, 3.8) is 0 Å². The first-order valence-electron chi connectivity index (χ1n) is 11.8. The van der Waals surface area contributed by atoms with E-state index in [2.05, 4.69) is 21.0 Å². The van der Waals surface area contributed by atoms with E-state index in [1.165, 1.54) is 4.68 Å². The summed E-state index contributed by atoms with van der Waals surface area (Å²) in [5.74, 6) is 1.41. The van der Waals surface area contributed by atoms with E-state index in [0.717, 1.165) is 42.6 Å². The molecule has 8 nitrogen and oxygen atoms in total. The van der Waals surface area contributed by atoms with Gasteiger partial charge < -0.3 is 14.7 Å². The maximum atomic E-state index is 12.9. The van der Waals surface area contributed by atoms with Crippen LogP contribution in [-0.2, 0) is 13.0 Å². The minimum Gasteiger partial charge on any atom is -0.492 e. The van der Waals surface area contributed by atoms with Crippen molar-refractivity contribution in [1.82, 2.24) is 19.2 Å². The number of benzene rings is 2. The van der Waals surface area contributed by atoms with Crippen LogP contribution >= 0.6 is 11.6 Å². The summed E-state index contributed by atoms with van der Waals surface area (Å²) in [6.07, 6.45) is 0.0869. The van der Waals surface area contributed by atoms with Crippen LogP contribution in [-0.4, -0.2) is 63.7 Å². The molecular weight excluding hydrogens is 454 g/mol. The molecule has 9 heteroatoms. The molecule has 3 aromatic rings. The van der Waals surface area contributed by atoms with E-state index in [9.17, 15) is 9.90 Å². The third-order valence-electron chi connectivity index (χ3n) is 6.14. The Morgan fingerprint density at radius 3 is 2.53 bits per heavy atom. The number of aryl methyl sites for hydroxylation is 1. The fourth-order valence-corrected chi connectivity index (χ4v) is 4.41. The third-order valence-corrected chi connectivity index (χ3v) is 6.37. The molecular formula is C25H32ClN5O3. The zero-order chi connectivity index (χ0) is 23.9. The summed E-state index contributed by atoms with van der Waals surface area (Å²) in [6, 6.07) is 17.4. The van der Waals surface area contributed by atoms with Crippen molar-refractivity contribution in [2.75, 3.05) is 44.2 Å². The van der Waals surface area contributed by atoms with E-state index < -0.39 is 6.23 Å². The Morgan fingerprint density at radius 2 is 1.82 bits per heavy atom. The molecule has 1 aliphatic rings. The van der Waals surface area contributed by atoms with Gasteiger partial charge in [-0.25, -0.2) is 4.79 Å². The number of rotatable bonds is 10. The fourth-order valence-electron chi connectivity index (χ4n) is 4.23. The van der Waals surface area contributed by atoms with Crippen molar-refractivity contribution in [3.05, 3.63) is 75.9 Å². The van der Waals surface area contributed by atoms with Gasteiger partial charge in [0.05, 0.1) is 6.54 Å². The summed E-state index contributed by atoms with van der Waals surface area (Å²) in [4.78, 5) is 17.5. The van der Waals surface area contributed by atoms with Gasteiger partial charge in [0.25, 0.3) is 0 Å². The van der Waals surface area contributed by atoms with Crippen LogP contribution in [0.2, 0.25) is 5.02 Å². The minimum atomic E-state index is -0.958. The fraction of sp³-hybridized carbons (Fsp3) is 0.440. The molecule has 182 valence electrons. The molecule has 0 bridgehead atoms. The first kappa shape index (κ1) is 24.3. The van der Waals surface area contributed by atoms with Crippen molar-refractivity contribution in [3.8, 4) is 5.75 Å². The van der Waals surface area contributed by atoms with E-state index >= 15 is 0 Å². The molecule has 2 aromatic carbocycles. The van der Waals surface area contributed by atoms with Gasteiger partial charge in [-0.1, -0.05) is 42.8 Å². The molecule has 0 radical (unpaired) electrons. The van der Waals surface area contributed by atoms with Crippen LogP contribution in [0.15, 0.2) is 59.4 Å². The normalized spacial score (nSPS) is 15.4. The molecule has 1 N–H and O–H groups in total. The zero-order valence-corrected chi connectivity index (χ0v) is 20.3. The number of ether oxygens (including phenoxy) is 1. The van der Waals surface area contributed by atoms with Gasteiger partial charge in [0.1, 0.15) is 18.2 Å². The van der Waals surface area contributed by atoms with Crippen LogP contribution in [0.1, 0.15) is 25.4 Å². The number of aromatic nitrogens is 3. The number of hydrogen-bond donors (Lipinski definition) is 1. The van der Waals surface area contributed by atoms with Crippen LogP contribution in [0.5, 0.6) is 5.75 Å². The molecule has 1 atom stereocenters. The molecule has 0 saturated carbocycles.